The van der Waals surface area contributed by atoms with Crippen LogP contribution < -0.4 is 10.6 Å². The summed E-state index contributed by atoms with van der Waals surface area (Å²) in [5, 5.41) is 7.50. The Bertz CT molecular complexity index is 907. The highest BCUT2D eigenvalue weighted by Gasteiger charge is 2.22. The van der Waals surface area contributed by atoms with E-state index in [-0.39, 0.29) is 5.91 Å². The average Bonchev–Trinajstić information content (AvgIpc) is 3.29. The molecule has 3 aromatic rings. The largest absolute Gasteiger partial charge is 0.459 e. The van der Waals surface area contributed by atoms with E-state index in [2.05, 4.69) is 16.7 Å². The van der Waals surface area contributed by atoms with Gasteiger partial charge in [0.15, 0.2) is 0 Å². The summed E-state index contributed by atoms with van der Waals surface area (Å²) in [7, 11) is 0. The number of amides is 1. The van der Waals surface area contributed by atoms with E-state index in [1.165, 1.54) is 0 Å². The van der Waals surface area contributed by atoms with Crippen molar-refractivity contribution < 1.29 is 9.21 Å². The highest BCUT2D eigenvalue weighted by atomic mass is 16.3. The maximum atomic E-state index is 12.7. The molecule has 0 bridgehead atoms. The zero-order valence-electron chi connectivity index (χ0n) is 14.3. The molecule has 2 heterocycles. The summed E-state index contributed by atoms with van der Waals surface area (Å²) in [6, 6.07) is 15.9. The van der Waals surface area contributed by atoms with Gasteiger partial charge in [0.2, 0.25) is 0 Å². The van der Waals surface area contributed by atoms with E-state index < -0.39 is 0 Å². The number of carbonyl (C=O) groups excluding carboxylic acids is 1. The number of fused-ring (bicyclic) bond motifs is 1. The van der Waals surface area contributed by atoms with Crippen molar-refractivity contribution >= 4 is 16.9 Å². The molecule has 1 aliphatic heterocycles. The Hall–Kier alpha value is -2.59. The van der Waals surface area contributed by atoms with Crippen LogP contribution in [0.25, 0.3) is 11.0 Å². The molecular formula is C21H22N2O2. The molecule has 0 saturated carbocycles. The molecule has 4 rings (SSSR count). The van der Waals surface area contributed by atoms with E-state index in [1.807, 2.05) is 49.4 Å². The predicted molar refractivity (Wildman–Crippen MR) is 98.8 cm³/mol. The Morgan fingerprint density at radius 3 is 2.80 bits per heavy atom. The topological polar surface area (TPSA) is 54.3 Å². The highest BCUT2D eigenvalue weighted by molar-refractivity contribution is 5.96. The number of para-hydroxylation sites is 1. The summed E-state index contributed by atoms with van der Waals surface area (Å²) in [5.41, 5.74) is 3.85. The average molecular weight is 334 g/mol. The van der Waals surface area contributed by atoms with Crippen LogP contribution in [0.5, 0.6) is 0 Å². The van der Waals surface area contributed by atoms with Crippen molar-refractivity contribution in [1.82, 2.24) is 10.6 Å². The quantitative estimate of drug-likeness (QED) is 0.764. The fourth-order valence-corrected chi connectivity index (χ4v) is 3.63. The minimum absolute atomic E-state index is 0.0395. The van der Waals surface area contributed by atoms with Crippen molar-refractivity contribution in [1.29, 1.82) is 0 Å². The summed E-state index contributed by atoms with van der Waals surface area (Å²) in [5.74, 6) is 1.19. The maximum Gasteiger partial charge on any atom is 0.251 e. The lowest BCUT2D eigenvalue weighted by molar-refractivity contribution is 0.0947. The van der Waals surface area contributed by atoms with E-state index >= 15 is 0 Å². The Morgan fingerprint density at radius 2 is 2.00 bits per heavy atom. The van der Waals surface area contributed by atoms with Gasteiger partial charge in [0.05, 0.1) is 6.54 Å². The van der Waals surface area contributed by atoms with Crippen molar-refractivity contribution in [2.24, 2.45) is 0 Å². The van der Waals surface area contributed by atoms with E-state index in [4.69, 9.17) is 4.42 Å². The number of benzene rings is 2. The minimum Gasteiger partial charge on any atom is -0.459 e. The van der Waals surface area contributed by atoms with Crippen LogP contribution in [0.4, 0.5) is 0 Å². The van der Waals surface area contributed by atoms with Gasteiger partial charge in [0.1, 0.15) is 11.3 Å². The molecule has 128 valence electrons. The second kappa shape index (κ2) is 6.73. The van der Waals surface area contributed by atoms with Gasteiger partial charge in [-0.1, -0.05) is 36.4 Å². The molecule has 1 amide bonds. The van der Waals surface area contributed by atoms with Crippen LogP contribution in [0.2, 0.25) is 0 Å². The fraction of sp³-hybridized carbons (Fsp3) is 0.286. The van der Waals surface area contributed by atoms with Crippen molar-refractivity contribution in [2.45, 2.75) is 25.8 Å². The van der Waals surface area contributed by atoms with Gasteiger partial charge in [-0.25, -0.2) is 0 Å². The lowest BCUT2D eigenvalue weighted by atomic mass is 9.93. The number of aryl methyl sites for hydroxylation is 1. The molecule has 4 heteroatoms. The summed E-state index contributed by atoms with van der Waals surface area (Å²) in [4.78, 5) is 12.7. The molecule has 1 atom stereocenters. The van der Waals surface area contributed by atoms with Crippen molar-refractivity contribution in [2.75, 3.05) is 13.1 Å². The van der Waals surface area contributed by atoms with Crippen LogP contribution in [-0.4, -0.2) is 19.0 Å². The Kier molecular flexibility index (Phi) is 4.28. The Morgan fingerprint density at radius 1 is 1.20 bits per heavy atom. The van der Waals surface area contributed by atoms with E-state index in [9.17, 15) is 4.79 Å². The smallest absolute Gasteiger partial charge is 0.251 e. The number of rotatable bonds is 4. The normalized spacial score (nSPS) is 17.1. The summed E-state index contributed by atoms with van der Waals surface area (Å²) >= 11 is 0. The molecule has 4 nitrogen and oxygen atoms in total. The molecule has 0 spiro atoms. The molecule has 0 radical (unpaired) electrons. The first kappa shape index (κ1) is 15.9. The molecule has 1 saturated heterocycles. The van der Waals surface area contributed by atoms with Crippen molar-refractivity contribution in [3.8, 4) is 0 Å². The molecule has 1 fully saturated rings. The zero-order valence-corrected chi connectivity index (χ0v) is 14.3. The fourth-order valence-electron chi connectivity index (χ4n) is 3.63. The molecule has 0 unspecified atom stereocenters. The van der Waals surface area contributed by atoms with Crippen molar-refractivity contribution in [3.05, 3.63) is 71.0 Å². The molecule has 25 heavy (non-hydrogen) atoms. The first-order valence-corrected chi connectivity index (χ1v) is 8.79. The number of carbonyl (C=O) groups is 1. The second-order valence-corrected chi connectivity index (χ2v) is 6.61. The molecule has 1 aliphatic rings. The van der Waals surface area contributed by atoms with Gasteiger partial charge in [-0.05, 0) is 43.5 Å². The third kappa shape index (κ3) is 3.05. The molecule has 1 aromatic heterocycles. The first-order chi connectivity index (χ1) is 12.2. The van der Waals surface area contributed by atoms with Crippen LogP contribution >= 0.6 is 0 Å². The van der Waals surface area contributed by atoms with Crippen molar-refractivity contribution in [3.63, 3.8) is 0 Å². The predicted octanol–water partition coefficient (Wildman–Crippen LogP) is 3.75. The summed E-state index contributed by atoms with van der Waals surface area (Å²) in [6.07, 6.45) is 1.08. The molecule has 2 aromatic carbocycles. The molecular weight excluding hydrogens is 312 g/mol. The van der Waals surface area contributed by atoms with Crippen LogP contribution in [-0.2, 0) is 6.54 Å². The van der Waals surface area contributed by atoms with Gasteiger partial charge in [-0.3, -0.25) is 4.79 Å². The standard InChI is InChI=1S/C21H22N2O2/c1-14-16-6-4-5-9-19(16)25-20(14)13-23-21(24)18-8-3-2-7-17(18)15-10-11-22-12-15/h2-9,15,22H,10-13H2,1H3,(H,23,24)/t15-/m0/s1. The lowest BCUT2D eigenvalue weighted by Gasteiger charge is -2.14. The number of hydrogen-bond acceptors (Lipinski definition) is 3. The lowest BCUT2D eigenvalue weighted by Crippen LogP contribution is -2.25. The van der Waals surface area contributed by atoms with Gasteiger partial charge in [0, 0.05) is 23.1 Å². The second-order valence-electron chi connectivity index (χ2n) is 6.61. The molecule has 0 aliphatic carbocycles. The van der Waals surface area contributed by atoms with Crippen LogP contribution in [0, 0.1) is 6.92 Å². The van der Waals surface area contributed by atoms with E-state index in [0.29, 0.717) is 12.5 Å². The highest BCUT2D eigenvalue weighted by Crippen LogP contribution is 2.27. The van der Waals surface area contributed by atoms with Gasteiger partial charge < -0.3 is 15.1 Å². The van der Waals surface area contributed by atoms with Gasteiger partial charge >= 0.3 is 0 Å². The van der Waals surface area contributed by atoms with E-state index in [1.54, 1.807) is 0 Å². The maximum absolute atomic E-state index is 12.7. The van der Waals surface area contributed by atoms with Gasteiger partial charge in [-0.15, -0.1) is 0 Å². The Balaban J connectivity index is 1.53. The third-order valence-electron chi connectivity index (χ3n) is 5.06. The van der Waals surface area contributed by atoms with Gasteiger partial charge in [0.25, 0.3) is 5.91 Å². The number of furan rings is 1. The molecule has 2 N–H and O–H groups in total. The monoisotopic (exact) mass is 334 g/mol. The van der Waals surface area contributed by atoms with Crippen LogP contribution in [0.3, 0.4) is 0 Å². The minimum atomic E-state index is -0.0395. The summed E-state index contributed by atoms with van der Waals surface area (Å²) in [6.45, 7) is 4.38. The number of hydrogen-bond donors (Lipinski definition) is 2. The number of nitrogens with one attached hydrogen (secondary N) is 2. The van der Waals surface area contributed by atoms with E-state index in [0.717, 1.165) is 52.9 Å². The first-order valence-electron chi connectivity index (χ1n) is 8.79. The van der Waals surface area contributed by atoms with Gasteiger partial charge in [-0.2, -0.15) is 0 Å². The third-order valence-corrected chi connectivity index (χ3v) is 5.06. The van der Waals surface area contributed by atoms with Crippen LogP contribution in [0.1, 0.15) is 39.6 Å². The zero-order chi connectivity index (χ0) is 17.2. The van der Waals surface area contributed by atoms with Crippen LogP contribution in [0.15, 0.2) is 52.9 Å². The SMILES string of the molecule is Cc1c(CNC(=O)c2ccccc2[C@H]2CCNC2)oc2ccccc12. The Labute approximate surface area is 147 Å². The summed E-state index contributed by atoms with van der Waals surface area (Å²) < 4.78 is 5.89.